The highest BCUT2D eigenvalue weighted by atomic mass is 32.3. The second kappa shape index (κ2) is 10.3. The van der Waals surface area contributed by atoms with Gasteiger partial charge in [0.2, 0.25) is 0 Å². The zero-order valence-electron chi connectivity index (χ0n) is 23.2. The van der Waals surface area contributed by atoms with Crippen molar-refractivity contribution in [3.05, 3.63) is 59.2 Å². The summed E-state index contributed by atoms with van der Waals surface area (Å²) < 4.78 is 31.5. The van der Waals surface area contributed by atoms with Gasteiger partial charge in [-0.1, -0.05) is 55.3 Å². The van der Waals surface area contributed by atoms with Crippen LogP contribution >= 0.6 is 10.8 Å². The Labute approximate surface area is 230 Å². The van der Waals surface area contributed by atoms with Crippen molar-refractivity contribution in [1.82, 2.24) is 0 Å². The topological polar surface area (TPSA) is 140 Å². The first-order valence-electron chi connectivity index (χ1n) is 13.0. The number of nitrogens with one attached hydrogen (secondary N) is 2. The van der Waals surface area contributed by atoms with Gasteiger partial charge in [-0.3, -0.25) is 19.2 Å². The monoisotopic (exact) mass is 555 g/mol. The van der Waals surface area contributed by atoms with Crippen LogP contribution in [0.4, 0.5) is 16.2 Å². The number of fused-ring (bicyclic) bond motifs is 2. The number of hydrogen-bond donors (Lipinski definition) is 5. The molecule has 2 aromatic carbocycles. The molecular formula is C29H37N3O6S. The van der Waals surface area contributed by atoms with Gasteiger partial charge >= 0.3 is 6.09 Å². The molecule has 2 aliphatic rings. The number of benzene rings is 2. The molecule has 1 unspecified atom stereocenters. The van der Waals surface area contributed by atoms with Crippen molar-refractivity contribution in [1.29, 1.82) is 0 Å². The van der Waals surface area contributed by atoms with Crippen LogP contribution in [0.5, 0.6) is 0 Å². The van der Waals surface area contributed by atoms with Crippen molar-refractivity contribution >= 4 is 45.6 Å². The second-order valence-corrected chi connectivity index (χ2v) is 13.1. The largest absolute Gasteiger partial charge is 0.506 e. The first-order chi connectivity index (χ1) is 18.2. The summed E-state index contributed by atoms with van der Waals surface area (Å²) >= 11 is 0. The molecule has 39 heavy (non-hydrogen) atoms. The van der Waals surface area contributed by atoms with Gasteiger partial charge < -0.3 is 15.2 Å². The van der Waals surface area contributed by atoms with Crippen LogP contribution in [-0.2, 0) is 14.9 Å². The van der Waals surface area contributed by atoms with Crippen LogP contribution < -0.4 is 10.6 Å². The van der Waals surface area contributed by atoms with Crippen molar-refractivity contribution < 1.29 is 28.5 Å². The smallest absolute Gasteiger partial charge is 0.412 e. The minimum atomic E-state index is -3.79. The summed E-state index contributed by atoms with van der Waals surface area (Å²) in [5, 5.41) is 16.9. The van der Waals surface area contributed by atoms with Crippen LogP contribution in [0.25, 0.3) is 5.76 Å². The Morgan fingerprint density at radius 1 is 1.21 bits per heavy atom. The third-order valence-corrected chi connectivity index (χ3v) is 8.57. The average molecular weight is 556 g/mol. The maximum Gasteiger partial charge on any atom is 0.412 e. The maximum atomic E-state index is 14.1. The van der Waals surface area contributed by atoms with Crippen molar-refractivity contribution in [2.24, 2.45) is 10.3 Å². The van der Waals surface area contributed by atoms with E-state index in [9.17, 15) is 23.8 Å². The molecule has 0 saturated carbocycles. The van der Waals surface area contributed by atoms with Crippen LogP contribution in [0.1, 0.15) is 71.9 Å². The lowest BCUT2D eigenvalue weighted by atomic mass is 9.66. The molecule has 2 aromatic rings. The van der Waals surface area contributed by atoms with Gasteiger partial charge in [-0.15, -0.1) is 4.40 Å². The first kappa shape index (κ1) is 28.7. The minimum absolute atomic E-state index is 0.0445. The zero-order valence-corrected chi connectivity index (χ0v) is 24.0. The summed E-state index contributed by atoms with van der Waals surface area (Å²) in [5.74, 6) is -0.292. The van der Waals surface area contributed by atoms with E-state index in [1.165, 1.54) is 6.07 Å². The average Bonchev–Trinajstić information content (AvgIpc) is 2.85. The molecule has 9 nitrogen and oxygen atoms in total. The number of hydrogen-bond acceptors (Lipinski definition) is 8. The van der Waals surface area contributed by atoms with Crippen LogP contribution in [-0.4, -0.2) is 37.5 Å². The van der Waals surface area contributed by atoms with E-state index in [4.69, 9.17) is 4.74 Å². The highest BCUT2D eigenvalue weighted by molar-refractivity contribution is 8.23. The number of aliphatic hydroxyl groups excluding tert-OH is 1. The van der Waals surface area contributed by atoms with Gasteiger partial charge in [0.1, 0.15) is 21.8 Å². The van der Waals surface area contributed by atoms with E-state index in [-0.39, 0.29) is 33.5 Å². The number of nitrogens with zero attached hydrogens (tertiary/aromatic N) is 1. The summed E-state index contributed by atoms with van der Waals surface area (Å²) in [6.45, 7) is 11.3. The van der Waals surface area contributed by atoms with Gasteiger partial charge in [-0.2, -0.15) is 0 Å². The van der Waals surface area contributed by atoms with Crippen molar-refractivity contribution in [2.45, 2.75) is 76.7 Å². The molecule has 2 atom stereocenters. The molecule has 1 amide bonds. The molecule has 1 aliphatic heterocycles. The molecule has 0 saturated heterocycles. The molecule has 0 spiro atoms. The molecule has 4 rings (SSSR count). The Morgan fingerprint density at radius 3 is 2.56 bits per heavy atom. The lowest BCUT2D eigenvalue weighted by molar-refractivity contribution is -0.120. The Hall–Kier alpha value is -3.34. The van der Waals surface area contributed by atoms with Crippen LogP contribution in [0.15, 0.2) is 57.3 Å². The number of aliphatic hydroxyl groups is 1. The minimum Gasteiger partial charge on any atom is -0.506 e. The molecule has 5 N–H and O–H groups in total. The van der Waals surface area contributed by atoms with Gasteiger partial charge in [-0.05, 0) is 70.2 Å². The predicted molar refractivity (Wildman–Crippen MR) is 156 cm³/mol. The van der Waals surface area contributed by atoms with Gasteiger partial charge in [0.25, 0.3) is 0 Å². The first-order valence-corrected chi connectivity index (χ1v) is 14.5. The Morgan fingerprint density at radius 2 is 1.90 bits per heavy atom. The van der Waals surface area contributed by atoms with Crippen LogP contribution in [0, 0.1) is 5.92 Å². The summed E-state index contributed by atoms with van der Waals surface area (Å²) in [7, 11) is -3.79. The zero-order chi connectivity index (χ0) is 28.8. The number of carbonyl (C=O) groups excluding carboxylic acids is 2. The molecular weight excluding hydrogens is 518 g/mol. The van der Waals surface area contributed by atoms with Crippen molar-refractivity contribution in [3.8, 4) is 0 Å². The molecule has 0 radical (unpaired) electrons. The number of amides is 1. The lowest BCUT2D eigenvalue weighted by Gasteiger charge is -2.39. The number of amidine groups is 1. The summed E-state index contributed by atoms with van der Waals surface area (Å²) in [5.41, 5.74) is 0.112. The van der Waals surface area contributed by atoms with Gasteiger partial charge in [0.15, 0.2) is 11.6 Å². The van der Waals surface area contributed by atoms with Crippen LogP contribution in [0.3, 0.4) is 0 Å². The molecule has 1 heterocycles. The van der Waals surface area contributed by atoms with E-state index in [1.54, 1.807) is 45.0 Å². The molecule has 0 aromatic heterocycles. The van der Waals surface area contributed by atoms with Gasteiger partial charge in [-0.25, -0.2) is 4.79 Å². The van der Waals surface area contributed by atoms with E-state index in [0.717, 1.165) is 18.4 Å². The SMILES string of the molecule is CC[C@H](C)CCC1(C)C(=O)C(C2=NS(O)(O)c3cc(NC(=O)OC(C)(C)C)ccc3N2)=C(O)c2ccccc21. The standard InChI is InChI=1S/C29H37N3O6S/c1-7-17(2)14-15-29(6)20-11-9-8-10-19(20)24(33)23(25(29)34)26-31-21-13-12-18(16-22(21)39(36,37)32-26)30-27(35)38-28(3,4)5/h8-13,16-17,33,36-37H,7,14-15H2,1-6H3,(H,30,35)(H,31,32)/t17-,29?/m0/s1. The fraction of sp³-hybridized carbons (Fsp3) is 0.414. The number of ether oxygens (including phenoxy) is 1. The summed E-state index contributed by atoms with van der Waals surface area (Å²) in [6.07, 6.45) is 1.67. The molecule has 0 bridgehead atoms. The van der Waals surface area contributed by atoms with E-state index in [0.29, 0.717) is 23.6 Å². The van der Waals surface area contributed by atoms with Crippen molar-refractivity contribution in [3.63, 3.8) is 0 Å². The van der Waals surface area contributed by atoms with E-state index < -0.39 is 27.9 Å². The Kier molecular flexibility index (Phi) is 7.59. The number of anilines is 2. The van der Waals surface area contributed by atoms with Gasteiger partial charge in [0.05, 0.1) is 11.1 Å². The number of rotatable bonds is 6. The quantitative estimate of drug-likeness (QED) is 0.248. The predicted octanol–water partition coefficient (Wildman–Crippen LogP) is 7.52. The summed E-state index contributed by atoms with van der Waals surface area (Å²) in [6, 6.07) is 11.7. The highest BCUT2D eigenvalue weighted by Gasteiger charge is 2.46. The second-order valence-electron chi connectivity index (χ2n) is 11.4. The number of carbonyl (C=O) groups is 2. The normalized spacial score (nSPS) is 21.6. The fourth-order valence-corrected chi connectivity index (χ4v) is 5.99. The third-order valence-electron chi connectivity index (χ3n) is 7.21. The van der Waals surface area contributed by atoms with E-state index in [2.05, 4.69) is 28.9 Å². The molecule has 10 heteroatoms. The molecule has 0 fully saturated rings. The van der Waals surface area contributed by atoms with Gasteiger partial charge in [0, 0.05) is 11.3 Å². The number of ketones is 1. The van der Waals surface area contributed by atoms with Crippen LogP contribution in [0.2, 0.25) is 0 Å². The maximum absolute atomic E-state index is 14.1. The molecule has 210 valence electrons. The molecule has 1 aliphatic carbocycles. The summed E-state index contributed by atoms with van der Waals surface area (Å²) in [4.78, 5) is 26.3. The Bertz CT molecular complexity index is 1380. The highest BCUT2D eigenvalue weighted by Crippen LogP contribution is 2.57. The van der Waals surface area contributed by atoms with Crippen molar-refractivity contribution in [2.75, 3.05) is 10.6 Å². The Balaban J connectivity index is 1.72. The van der Waals surface area contributed by atoms with E-state index in [1.807, 2.05) is 19.1 Å². The third kappa shape index (κ3) is 5.68. The number of Topliss-reactive ketones (excluding diaryl/α,β-unsaturated/α-hetero) is 1. The fourth-order valence-electron chi connectivity index (χ4n) is 4.80. The van der Waals surface area contributed by atoms with E-state index >= 15 is 0 Å². The lowest BCUT2D eigenvalue weighted by Crippen LogP contribution is -2.42.